The van der Waals surface area contributed by atoms with Crippen LogP contribution < -0.4 is 5.32 Å². The van der Waals surface area contributed by atoms with Gasteiger partial charge in [-0.2, -0.15) is 0 Å². The number of non-ortho nitro benzene ring substituents is 1. The van der Waals surface area contributed by atoms with Crippen molar-refractivity contribution in [1.82, 2.24) is 0 Å². The number of aromatic carboxylic acids is 1. The molecule has 0 radical (unpaired) electrons. The number of hydrogen-bond acceptors (Lipinski definition) is 5. The number of anilines is 1. The van der Waals surface area contributed by atoms with Crippen LogP contribution in [0.2, 0.25) is 5.02 Å². The molecule has 1 aromatic heterocycles. The van der Waals surface area contributed by atoms with Crippen LogP contribution in [0, 0.1) is 10.1 Å². The summed E-state index contributed by atoms with van der Waals surface area (Å²) in [7, 11) is 0. The molecular weight excluding hydrogens is 288 g/mol. The van der Waals surface area contributed by atoms with E-state index in [1.54, 1.807) is 0 Å². The van der Waals surface area contributed by atoms with E-state index in [0.29, 0.717) is 16.5 Å². The Bertz CT molecular complexity index is 668. The van der Waals surface area contributed by atoms with Gasteiger partial charge in [-0.15, -0.1) is 0 Å². The number of nitro groups is 1. The highest BCUT2D eigenvalue weighted by Crippen LogP contribution is 2.27. The van der Waals surface area contributed by atoms with Gasteiger partial charge >= 0.3 is 5.97 Å². The maximum absolute atomic E-state index is 10.7. The minimum atomic E-state index is -1.16. The van der Waals surface area contributed by atoms with Crippen molar-refractivity contribution in [2.75, 3.05) is 5.32 Å². The molecule has 0 saturated carbocycles. The Labute approximate surface area is 117 Å². The second kappa shape index (κ2) is 5.62. The third kappa shape index (κ3) is 3.07. The van der Waals surface area contributed by atoms with Crippen LogP contribution in [-0.2, 0) is 6.54 Å². The largest absolute Gasteiger partial charge is 0.475 e. The zero-order valence-corrected chi connectivity index (χ0v) is 10.8. The summed E-state index contributed by atoms with van der Waals surface area (Å²) in [4.78, 5) is 20.8. The number of benzene rings is 1. The molecule has 20 heavy (non-hydrogen) atoms. The van der Waals surface area contributed by atoms with E-state index in [1.165, 1.54) is 30.3 Å². The van der Waals surface area contributed by atoms with Gasteiger partial charge in [-0.1, -0.05) is 11.6 Å². The summed E-state index contributed by atoms with van der Waals surface area (Å²) >= 11 is 5.91. The normalized spacial score (nSPS) is 10.2. The number of carboxylic acids is 1. The van der Waals surface area contributed by atoms with E-state index in [-0.39, 0.29) is 18.0 Å². The molecule has 0 unspecified atom stereocenters. The van der Waals surface area contributed by atoms with E-state index >= 15 is 0 Å². The fourth-order valence-corrected chi connectivity index (χ4v) is 1.72. The molecule has 1 aromatic carbocycles. The number of halogens is 1. The summed E-state index contributed by atoms with van der Waals surface area (Å²) in [6.45, 7) is 0.161. The molecular formula is C12H9ClN2O5. The van der Waals surface area contributed by atoms with Crippen molar-refractivity contribution in [3.8, 4) is 0 Å². The molecule has 2 N–H and O–H groups in total. The Morgan fingerprint density at radius 3 is 2.75 bits per heavy atom. The van der Waals surface area contributed by atoms with Crippen LogP contribution >= 0.6 is 11.6 Å². The monoisotopic (exact) mass is 296 g/mol. The van der Waals surface area contributed by atoms with Gasteiger partial charge in [0.05, 0.1) is 22.2 Å². The molecule has 1 heterocycles. The van der Waals surface area contributed by atoms with Crippen molar-refractivity contribution in [3.05, 3.63) is 57.0 Å². The summed E-state index contributed by atoms with van der Waals surface area (Å²) < 4.78 is 5.05. The molecule has 0 aliphatic carbocycles. The molecule has 0 bridgehead atoms. The predicted molar refractivity (Wildman–Crippen MR) is 71.1 cm³/mol. The highest BCUT2D eigenvalue weighted by molar-refractivity contribution is 6.33. The Kier molecular flexibility index (Phi) is 3.90. The van der Waals surface area contributed by atoms with Gasteiger partial charge in [0.2, 0.25) is 5.76 Å². The topological polar surface area (TPSA) is 106 Å². The molecule has 0 aliphatic rings. The molecule has 0 fully saturated rings. The molecule has 8 heteroatoms. The Hall–Kier alpha value is -2.54. The van der Waals surface area contributed by atoms with Gasteiger partial charge in [-0.25, -0.2) is 4.79 Å². The van der Waals surface area contributed by atoms with Crippen LogP contribution in [-0.4, -0.2) is 16.0 Å². The fourth-order valence-electron chi connectivity index (χ4n) is 1.53. The molecule has 0 aliphatic heterocycles. The third-order valence-corrected chi connectivity index (χ3v) is 2.82. The first-order valence-corrected chi connectivity index (χ1v) is 5.85. The van der Waals surface area contributed by atoms with Crippen molar-refractivity contribution in [2.45, 2.75) is 6.54 Å². The minimum absolute atomic E-state index is 0.0948. The lowest BCUT2D eigenvalue weighted by atomic mass is 10.2. The molecule has 0 spiro atoms. The summed E-state index contributed by atoms with van der Waals surface area (Å²) in [5.41, 5.74) is 0.275. The number of carboxylic acid groups (broad SMARTS) is 1. The predicted octanol–water partition coefficient (Wildman–Crippen LogP) is 3.15. The number of rotatable bonds is 5. The highest BCUT2D eigenvalue weighted by Gasteiger charge is 2.11. The van der Waals surface area contributed by atoms with Gasteiger partial charge in [0.1, 0.15) is 5.76 Å². The number of carbonyl (C=O) groups is 1. The second-order valence-electron chi connectivity index (χ2n) is 3.85. The van der Waals surface area contributed by atoms with Gasteiger partial charge in [0.25, 0.3) is 5.69 Å². The van der Waals surface area contributed by atoms with Crippen LogP contribution in [0.5, 0.6) is 0 Å². The van der Waals surface area contributed by atoms with E-state index in [9.17, 15) is 14.9 Å². The van der Waals surface area contributed by atoms with Crippen molar-refractivity contribution >= 4 is 28.9 Å². The molecule has 2 rings (SSSR count). The van der Waals surface area contributed by atoms with Crippen LogP contribution in [0.1, 0.15) is 16.3 Å². The lowest BCUT2D eigenvalue weighted by Gasteiger charge is -2.06. The van der Waals surface area contributed by atoms with Gasteiger partial charge in [-0.05, 0) is 18.2 Å². The summed E-state index contributed by atoms with van der Waals surface area (Å²) in [6.07, 6.45) is 0. The molecule has 2 aromatic rings. The second-order valence-corrected chi connectivity index (χ2v) is 4.25. The fraction of sp³-hybridized carbons (Fsp3) is 0.0833. The molecule has 0 saturated heterocycles. The molecule has 0 amide bonds. The summed E-state index contributed by atoms with van der Waals surface area (Å²) in [5, 5.41) is 22.6. The number of furan rings is 1. The van der Waals surface area contributed by atoms with Crippen molar-refractivity contribution < 1.29 is 19.2 Å². The lowest BCUT2D eigenvalue weighted by molar-refractivity contribution is -0.384. The highest BCUT2D eigenvalue weighted by atomic mass is 35.5. The zero-order chi connectivity index (χ0) is 14.7. The van der Waals surface area contributed by atoms with E-state index in [1.807, 2.05) is 0 Å². The average molecular weight is 297 g/mol. The SMILES string of the molecule is O=C(O)c1ccc(CNc2cc([N+](=O)[O-])ccc2Cl)o1. The van der Waals surface area contributed by atoms with Gasteiger partial charge in [0.15, 0.2) is 0 Å². The van der Waals surface area contributed by atoms with Crippen molar-refractivity contribution in [2.24, 2.45) is 0 Å². The van der Waals surface area contributed by atoms with E-state index < -0.39 is 10.9 Å². The molecule has 7 nitrogen and oxygen atoms in total. The Morgan fingerprint density at radius 1 is 1.40 bits per heavy atom. The Balaban J connectivity index is 2.11. The Morgan fingerprint density at radius 2 is 2.15 bits per heavy atom. The first-order chi connectivity index (χ1) is 9.47. The average Bonchev–Trinajstić information content (AvgIpc) is 2.86. The summed E-state index contributed by atoms with van der Waals surface area (Å²) in [5.74, 6) is -0.957. The van der Waals surface area contributed by atoms with E-state index in [0.717, 1.165) is 0 Å². The maximum Gasteiger partial charge on any atom is 0.371 e. The van der Waals surface area contributed by atoms with Crippen molar-refractivity contribution in [3.63, 3.8) is 0 Å². The van der Waals surface area contributed by atoms with Crippen LogP contribution in [0.3, 0.4) is 0 Å². The van der Waals surface area contributed by atoms with E-state index in [2.05, 4.69) is 5.32 Å². The van der Waals surface area contributed by atoms with Gasteiger partial charge in [-0.3, -0.25) is 10.1 Å². The lowest BCUT2D eigenvalue weighted by Crippen LogP contribution is -2.00. The van der Waals surface area contributed by atoms with Gasteiger partial charge in [0, 0.05) is 12.1 Å². The molecule has 104 valence electrons. The molecule has 0 atom stereocenters. The standard InChI is InChI=1S/C12H9ClN2O5/c13-9-3-1-7(15(18)19)5-10(9)14-6-8-2-4-11(20-8)12(16)17/h1-5,14H,6H2,(H,16,17). The third-order valence-electron chi connectivity index (χ3n) is 2.49. The number of hydrogen-bond donors (Lipinski definition) is 2. The maximum atomic E-state index is 10.7. The first-order valence-electron chi connectivity index (χ1n) is 5.47. The van der Waals surface area contributed by atoms with E-state index in [4.69, 9.17) is 21.1 Å². The number of nitro benzene ring substituents is 1. The zero-order valence-electron chi connectivity index (χ0n) is 10.00. The van der Waals surface area contributed by atoms with Crippen LogP contribution in [0.25, 0.3) is 0 Å². The van der Waals surface area contributed by atoms with Crippen LogP contribution in [0.4, 0.5) is 11.4 Å². The number of nitrogens with zero attached hydrogens (tertiary/aromatic N) is 1. The van der Waals surface area contributed by atoms with Crippen LogP contribution in [0.15, 0.2) is 34.7 Å². The smallest absolute Gasteiger partial charge is 0.371 e. The summed E-state index contributed by atoms with van der Waals surface area (Å²) in [6, 6.07) is 6.83. The first kappa shape index (κ1) is 13.9. The number of nitrogens with one attached hydrogen (secondary N) is 1. The minimum Gasteiger partial charge on any atom is -0.475 e. The quantitative estimate of drug-likeness (QED) is 0.648. The van der Waals surface area contributed by atoms with Crippen molar-refractivity contribution in [1.29, 1.82) is 0 Å². The van der Waals surface area contributed by atoms with Gasteiger partial charge < -0.3 is 14.8 Å².